The molecule has 0 heterocycles. The highest BCUT2D eigenvalue weighted by Gasteiger charge is 2.35. The third-order valence-electron chi connectivity index (χ3n) is 8.16. The number of nitrogens with one attached hydrogen (secondary N) is 1. The van der Waals surface area contributed by atoms with Gasteiger partial charge in [0, 0.05) is 25.1 Å². The molecule has 1 fully saturated rings. The van der Waals surface area contributed by atoms with Crippen molar-refractivity contribution in [1.82, 2.24) is 10.2 Å². The molecule has 0 aliphatic heterocycles. The van der Waals surface area contributed by atoms with Crippen LogP contribution in [-0.4, -0.2) is 64.2 Å². The molecule has 1 aliphatic carbocycles. The van der Waals surface area contributed by atoms with Gasteiger partial charge >= 0.3 is 0 Å². The van der Waals surface area contributed by atoms with Gasteiger partial charge in [-0.2, -0.15) is 0 Å². The number of nitrogens with zero attached hydrogens (tertiary/aromatic N) is 2. The molecule has 10 heteroatoms. The lowest BCUT2D eigenvalue weighted by Crippen LogP contribution is -2.55. The Bertz CT molecular complexity index is 1520. The fraction of sp³-hybridized carbons (Fsp3) is 0.412. The molecular weight excluding hydrogens is 578 g/mol. The molecule has 1 atom stereocenters. The molecule has 9 nitrogen and oxygen atoms in total. The Morgan fingerprint density at radius 2 is 1.61 bits per heavy atom. The molecule has 2 amide bonds. The predicted molar refractivity (Wildman–Crippen MR) is 172 cm³/mol. The van der Waals surface area contributed by atoms with Crippen molar-refractivity contribution >= 4 is 27.5 Å². The van der Waals surface area contributed by atoms with Gasteiger partial charge in [0.25, 0.3) is 0 Å². The molecule has 0 radical (unpaired) electrons. The Morgan fingerprint density at radius 3 is 2.25 bits per heavy atom. The molecule has 0 aromatic heterocycles. The summed E-state index contributed by atoms with van der Waals surface area (Å²) in [7, 11) is -1.05. The summed E-state index contributed by atoms with van der Waals surface area (Å²) in [6.07, 6.45) is 6.35. The van der Waals surface area contributed by atoms with E-state index in [0.717, 1.165) is 59.4 Å². The van der Waals surface area contributed by atoms with Crippen LogP contribution in [0, 0.1) is 6.92 Å². The summed E-state index contributed by atoms with van der Waals surface area (Å²) in [5.41, 5.74) is 2.90. The SMILES string of the molecule is COc1ccc(OC)c(N(CC(=O)N(Cc2ccccc2C)C(Cc2ccccc2)C(=O)NC2CCCCC2)S(C)(=O)=O)c1. The zero-order valence-corrected chi connectivity index (χ0v) is 26.8. The number of methoxy groups -OCH3 is 2. The highest BCUT2D eigenvalue weighted by atomic mass is 32.2. The minimum atomic E-state index is -3.96. The zero-order valence-electron chi connectivity index (χ0n) is 26.0. The van der Waals surface area contributed by atoms with E-state index in [2.05, 4.69) is 5.32 Å². The van der Waals surface area contributed by atoms with Crippen molar-refractivity contribution < 1.29 is 27.5 Å². The number of benzene rings is 3. The normalized spacial score (nSPS) is 14.4. The van der Waals surface area contributed by atoms with Crippen molar-refractivity contribution in [2.24, 2.45) is 0 Å². The highest BCUT2D eigenvalue weighted by molar-refractivity contribution is 7.92. The number of anilines is 1. The van der Waals surface area contributed by atoms with E-state index in [-0.39, 0.29) is 36.4 Å². The minimum Gasteiger partial charge on any atom is -0.497 e. The summed E-state index contributed by atoms with van der Waals surface area (Å²) < 4.78 is 38.2. The first-order valence-electron chi connectivity index (χ1n) is 15.0. The van der Waals surface area contributed by atoms with Crippen molar-refractivity contribution in [3.05, 3.63) is 89.5 Å². The second kappa shape index (κ2) is 15.1. The van der Waals surface area contributed by atoms with Gasteiger partial charge < -0.3 is 19.7 Å². The van der Waals surface area contributed by atoms with Crippen LogP contribution < -0.4 is 19.1 Å². The van der Waals surface area contributed by atoms with Gasteiger partial charge in [-0.1, -0.05) is 73.9 Å². The molecular formula is C34H43N3O6S. The van der Waals surface area contributed by atoms with E-state index in [4.69, 9.17) is 9.47 Å². The summed E-state index contributed by atoms with van der Waals surface area (Å²) in [4.78, 5) is 30.1. The van der Waals surface area contributed by atoms with Gasteiger partial charge in [0.15, 0.2) is 0 Å². The lowest BCUT2D eigenvalue weighted by Gasteiger charge is -2.35. The molecule has 4 rings (SSSR count). The summed E-state index contributed by atoms with van der Waals surface area (Å²) in [6, 6.07) is 21.2. The van der Waals surface area contributed by atoms with Crippen LogP contribution in [0.1, 0.15) is 48.8 Å². The molecule has 0 bridgehead atoms. The fourth-order valence-corrected chi connectivity index (χ4v) is 6.50. The van der Waals surface area contributed by atoms with Crippen molar-refractivity contribution in [3.63, 3.8) is 0 Å². The molecule has 1 saturated carbocycles. The van der Waals surface area contributed by atoms with Crippen LogP contribution in [0.5, 0.6) is 11.5 Å². The molecule has 1 N–H and O–H groups in total. The van der Waals surface area contributed by atoms with E-state index in [1.54, 1.807) is 12.1 Å². The van der Waals surface area contributed by atoms with Crippen molar-refractivity contribution in [3.8, 4) is 11.5 Å². The number of carbonyl (C=O) groups excluding carboxylic acids is 2. The molecule has 3 aromatic rings. The second-order valence-corrected chi connectivity index (χ2v) is 13.2. The number of ether oxygens (including phenoxy) is 2. The number of sulfonamides is 1. The topological polar surface area (TPSA) is 105 Å². The molecule has 44 heavy (non-hydrogen) atoms. The summed E-state index contributed by atoms with van der Waals surface area (Å²) in [6.45, 7) is 1.56. The Labute approximate surface area is 261 Å². The van der Waals surface area contributed by atoms with Gasteiger partial charge in [0.1, 0.15) is 24.1 Å². The second-order valence-electron chi connectivity index (χ2n) is 11.3. The first kappa shape index (κ1) is 32.9. The van der Waals surface area contributed by atoms with E-state index < -0.39 is 28.5 Å². The molecule has 1 unspecified atom stereocenters. The van der Waals surface area contributed by atoms with Gasteiger partial charge in [-0.3, -0.25) is 13.9 Å². The van der Waals surface area contributed by atoms with E-state index in [0.29, 0.717) is 5.75 Å². The quantitative estimate of drug-likeness (QED) is 0.292. The summed E-state index contributed by atoms with van der Waals surface area (Å²) in [5.74, 6) is -0.0753. The number of hydrogen-bond donors (Lipinski definition) is 1. The van der Waals surface area contributed by atoms with Crippen molar-refractivity contribution in [1.29, 1.82) is 0 Å². The van der Waals surface area contributed by atoms with Crippen LogP contribution in [0.3, 0.4) is 0 Å². The maximum absolute atomic E-state index is 14.4. The van der Waals surface area contributed by atoms with E-state index in [1.165, 1.54) is 25.2 Å². The van der Waals surface area contributed by atoms with E-state index >= 15 is 0 Å². The molecule has 0 saturated heterocycles. The van der Waals surface area contributed by atoms with Gasteiger partial charge in [-0.15, -0.1) is 0 Å². The number of amides is 2. The molecule has 3 aromatic carbocycles. The number of aryl methyl sites for hydroxylation is 1. The maximum Gasteiger partial charge on any atom is 0.244 e. The van der Waals surface area contributed by atoms with E-state index in [1.807, 2.05) is 61.5 Å². The Balaban J connectivity index is 1.77. The fourth-order valence-electron chi connectivity index (χ4n) is 5.66. The van der Waals surface area contributed by atoms with Crippen LogP contribution in [0.15, 0.2) is 72.8 Å². The molecule has 1 aliphatic rings. The van der Waals surface area contributed by atoms with Crippen LogP contribution in [0.25, 0.3) is 0 Å². The third-order valence-corrected chi connectivity index (χ3v) is 9.28. The van der Waals surface area contributed by atoms with Crippen LogP contribution in [0.4, 0.5) is 5.69 Å². The highest BCUT2D eigenvalue weighted by Crippen LogP contribution is 2.34. The van der Waals surface area contributed by atoms with Crippen LogP contribution >= 0.6 is 0 Å². The van der Waals surface area contributed by atoms with Crippen molar-refractivity contribution in [2.45, 2.75) is 64.1 Å². The third kappa shape index (κ3) is 8.53. The number of carbonyl (C=O) groups is 2. The summed E-state index contributed by atoms with van der Waals surface area (Å²) >= 11 is 0. The average molecular weight is 622 g/mol. The lowest BCUT2D eigenvalue weighted by atomic mass is 9.94. The van der Waals surface area contributed by atoms with Gasteiger partial charge in [0.2, 0.25) is 21.8 Å². The first-order valence-corrected chi connectivity index (χ1v) is 16.8. The standard InChI is InChI=1S/C34H43N3O6S/c1-25-13-11-12-16-27(25)23-36(31(21-26-14-7-5-8-15-26)34(39)35-28-17-9-6-10-18-28)33(38)24-37(44(4,40)41)30-22-29(42-2)19-20-32(30)43-3/h5,7-8,11-16,19-20,22,28,31H,6,9-10,17-18,21,23-24H2,1-4H3,(H,35,39). The average Bonchev–Trinajstić information content (AvgIpc) is 3.02. The van der Waals surface area contributed by atoms with Crippen LogP contribution in [0.2, 0.25) is 0 Å². The monoisotopic (exact) mass is 621 g/mol. The number of rotatable bonds is 13. The van der Waals surface area contributed by atoms with Gasteiger partial charge in [0.05, 0.1) is 26.2 Å². The largest absolute Gasteiger partial charge is 0.497 e. The van der Waals surface area contributed by atoms with E-state index in [9.17, 15) is 18.0 Å². The summed E-state index contributed by atoms with van der Waals surface area (Å²) in [5, 5.41) is 3.22. The maximum atomic E-state index is 14.4. The Morgan fingerprint density at radius 1 is 0.932 bits per heavy atom. The smallest absolute Gasteiger partial charge is 0.244 e. The van der Waals surface area contributed by atoms with Crippen molar-refractivity contribution in [2.75, 3.05) is 31.3 Å². The lowest BCUT2D eigenvalue weighted by molar-refractivity contribution is -0.140. The number of hydrogen-bond acceptors (Lipinski definition) is 6. The predicted octanol–water partition coefficient (Wildman–Crippen LogP) is 4.87. The molecule has 236 valence electrons. The Kier molecular flexibility index (Phi) is 11.3. The Hall–Kier alpha value is -4.05. The minimum absolute atomic E-state index is 0.0403. The van der Waals surface area contributed by atoms with Crippen LogP contribution in [-0.2, 0) is 32.6 Å². The molecule has 0 spiro atoms. The first-order chi connectivity index (χ1) is 21.1. The zero-order chi connectivity index (χ0) is 31.7. The van der Waals surface area contributed by atoms with Gasteiger partial charge in [-0.25, -0.2) is 8.42 Å². The van der Waals surface area contributed by atoms with Gasteiger partial charge in [-0.05, 0) is 48.6 Å².